The van der Waals surface area contributed by atoms with E-state index < -0.39 is 0 Å². The van der Waals surface area contributed by atoms with E-state index in [1.807, 2.05) is 12.1 Å². The van der Waals surface area contributed by atoms with Gasteiger partial charge in [-0.25, -0.2) is 9.07 Å². The Hall–Kier alpha value is -3.35. The molecule has 2 aromatic carbocycles. The SMILES string of the molecule is COc1ccc([C@@H]2CC(=O)Nc3c2cnn3-c2ccc(F)cc2)c(OC)c1. The van der Waals surface area contributed by atoms with Gasteiger partial charge in [-0.2, -0.15) is 5.10 Å². The number of amides is 1. The number of ether oxygens (including phenoxy) is 2. The van der Waals surface area contributed by atoms with Crippen LogP contribution in [0.5, 0.6) is 11.5 Å². The fraction of sp³-hybridized carbons (Fsp3) is 0.200. The zero-order valence-electron chi connectivity index (χ0n) is 14.9. The molecule has 3 aromatic rings. The molecule has 1 atom stereocenters. The van der Waals surface area contributed by atoms with Crippen molar-refractivity contribution in [2.45, 2.75) is 12.3 Å². The van der Waals surface area contributed by atoms with Gasteiger partial charge in [-0.15, -0.1) is 0 Å². The van der Waals surface area contributed by atoms with Crippen LogP contribution in [0.4, 0.5) is 10.2 Å². The largest absolute Gasteiger partial charge is 0.497 e. The molecule has 1 aromatic heterocycles. The third-order valence-corrected chi connectivity index (χ3v) is 4.71. The highest BCUT2D eigenvalue weighted by atomic mass is 19.1. The van der Waals surface area contributed by atoms with Crippen molar-refractivity contribution in [1.82, 2.24) is 9.78 Å². The van der Waals surface area contributed by atoms with E-state index in [2.05, 4.69) is 10.4 Å². The van der Waals surface area contributed by atoms with Crippen molar-refractivity contribution in [2.24, 2.45) is 0 Å². The maximum Gasteiger partial charge on any atom is 0.226 e. The highest BCUT2D eigenvalue weighted by molar-refractivity contribution is 5.94. The lowest BCUT2D eigenvalue weighted by molar-refractivity contribution is -0.116. The summed E-state index contributed by atoms with van der Waals surface area (Å²) in [6.07, 6.45) is 2.01. The van der Waals surface area contributed by atoms with Crippen LogP contribution >= 0.6 is 0 Å². The highest BCUT2D eigenvalue weighted by Crippen LogP contribution is 2.42. The average molecular weight is 367 g/mol. The fourth-order valence-electron chi connectivity index (χ4n) is 3.38. The quantitative estimate of drug-likeness (QED) is 0.766. The van der Waals surface area contributed by atoms with Crippen molar-refractivity contribution >= 4 is 11.7 Å². The van der Waals surface area contributed by atoms with Crippen LogP contribution in [0.2, 0.25) is 0 Å². The molecule has 7 heteroatoms. The van der Waals surface area contributed by atoms with Gasteiger partial charge in [-0.05, 0) is 30.3 Å². The smallest absolute Gasteiger partial charge is 0.226 e. The number of hydrogen-bond donors (Lipinski definition) is 1. The molecular formula is C20H18FN3O3. The van der Waals surface area contributed by atoms with E-state index in [0.717, 1.165) is 11.1 Å². The number of nitrogens with one attached hydrogen (secondary N) is 1. The first kappa shape index (κ1) is 17.1. The number of rotatable bonds is 4. The summed E-state index contributed by atoms with van der Waals surface area (Å²) in [4.78, 5) is 12.4. The second-order valence-electron chi connectivity index (χ2n) is 6.25. The number of aromatic nitrogens is 2. The average Bonchev–Trinajstić information content (AvgIpc) is 3.11. The van der Waals surface area contributed by atoms with Crippen LogP contribution in [-0.4, -0.2) is 29.9 Å². The number of methoxy groups -OCH3 is 2. The van der Waals surface area contributed by atoms with E-state index >= 15 is 0 Å². The van der Waals surface area contributed by atoms with E-state index in [1.54, 1.807) is 43.3 Å². The van der Waals surface area contributed by atoms with Gasteiger partial charge in [0, 0.05) is 29.5 Å². The summed E-state index contributed by atoms with van der Waals surface area (Å²) in [5, 5.41) is 7.29. The molecule has 0 unspecified atom stereocenters. The zero-order chi connectivity index (χ0) is 19.0. The van der Waals surface area contributed by atoms with Crippen LogP contribution in [-0.2, 0) is 4.79 Å². The summed E-state index contributed by atoms with van der Waals surface area (Å²) >= 11 is 0. The Balaban J connectivity index is 1.81. The molecule has 6 nitrogen and oxygen atoms in total. The van der Waals surface area contributed by atoms with Crippen LogP contribution in [0.3, 0.4) is 0 Å². The highest BCUT2D eigenvalue weighted by Gasteiger charge is 2.32. The molecule has 1 aliphatic heterocycles. The van der Waals surface area contributed by atoms with Crippen LogP contribution in [0.25, 0.3) is 5.69 Å². The molecular weight excluding hydrogens is 349 g/mol. The Morgan fingerprint density at radius 3 is 2.59 bits per heavy atom. The van der Waals surface area contributed by atoms with Crippen molar-refractivity contribution in [2.75, 3.05) is 19.5 Å². The molecule has 138 valence electrons. The number of carbonyl (C=O) groups excluding carboxylic acids is 1. The van der Waals surface area contributed by atoms with Gasteiger partial charge in [0.1, 0.15) is 23.1 Å². The lowest BCUT2D eigenvalue weighted by Crippen LogP contribution is -2.24. The number of benzene rings is 2. The Morgan fingerprint density at radius 2 is 1.89 bits per heavy atom. The van der Waals surface area contributed by atoms with E-state index in [9.17, 15) is 9.18 Å². The minimum atomic E-state index is -0.329. The van der Waals surface area contributed by atoms with E-state index in [4.69, 9.17) is 9.47 Å². The summed E-state index contributed by atoms with van der Waals surface area (Å²) in [6, 6.07) is 11.5. The summed E-state index contributed by atoms with van der Waals surface area (Å²) < 4.78 is 25.6. The van der Waals surface area contributed by atoms with Crippen LogP contribution < -0.4 is 14.8 Å². The summed E-state index contributed by atoms with van der Waals surface area (Å²) in [5.74, 6) is 1.26. The molecule has 1 amide bonds. The van der Waals surface area contributed by atoms with Gasteiger partial charge in [0.05, 0.1) is 26.1 Å². The number of nitrogens with zero attached hydrogens (tertiary/aromatic N) is 2. The molecule has 4 rings (SSSR count). The van der Waals surface area contributed by atoms with E-state index in [-0.39, 0.29) is 24.1 Å². The summed E-state index contributed by atoms with van der Waals surface area (Å²) in [6.45, 7) is 0. The summed E-state index contributed by atoms with van der Waals surface area (Å²) in [5.41, 5.74) is 2.43. The number of fused-ring (bicyclic) bond motifs is 1. The van der Waals surface area contributed by atoms with Gasteiger partial charge in [-0.1, -0.05) is 6.07 Å². The molecule has 0 saturated heterocycles. The fourth-order valence-corrected chi connectivity index (χ4v) is 3.38. The summed E-state index contributed by atoms with van der Waals surface area (Å²) in [7, 11) is 3.18. The normalized spacial score (nSPS) is 15.8. The Kier molecular flexibility index (Phi) is 4.27. The van der Waals surface area contributed by atoms with Crippen molar-refractivity contribution < 1.29 is 18.7 Å². The standard InChI is InChI=1S/C20H18FN3O3/c1-26-14-7-8-15(18(9-14)27-2)16-10-19(25)23-20-17(16)11-22-24(20)13-5-3-12(21)4-6-13/h3-9,11,16H,10H2,1-2H3,(H,23,25)/t16-/m0/s1. The van der Waals surface area contributed by atoms with Crippen molar-refractivity contribution in [3.05, 3.63) is 65.6 Å². The van der Waals surface area contributed by atoms with Crippen LogP contribution in [0.1, 0.15) is 23.5 Å². The van der Waals surface area contributed by atoms with Gasteiger partial charge in [0.15, 0.2) is 0 Å². The molecule has 0 aliphatic carbocycles. The second-order valence-corrected chi connectivity index (χ2v) is 6.25. The predicted octanol–water partition coefficient (Wildman–Crippen LogP) is 3.50. The first-order valence-electron chi connectivity index (χ1n) is 8.46. The van der Waals surface area contributed by atoms with Crippen molar-refractivity contribution in [3.63, 3.8) is 0 Å². The molecule has 1 aliphatic rings. The van der Waals surface area contributed by atoms with Gasteiger partial charge >= 0.3 is 0 Å². The van der Waals surface area contributed by atoms with Crippen molar-refractivity contribution in [1.29, 1.82) is 0 Å². The number of anilines is 1. The molecule has 2 heterocycles. The van der Waals surface area contributed by atoms with Gasteiger partial charge < -0.3 is 14.8 Å². The Bertz CT molecular complexity index is 998. The maximum atomic E-state index is 13.2. The predicted molar refractivity (Wildman–Crippen MR) is 98.2 cm³/mol. The van der Waals surface area contributed by atoms with Gasteiger partial charge in [-0.3, -0.25) is 4.79 Å². The molecule has 0 bridgehead atoms. The van der Waals surface area contributed by atoms with E-state index in [1.165, 1.54) is 12.1 Å². The number of carbonyl (C=O) groups is 1. The van der Waals surface area contributed by atoms with Gasteiger partial charge in [0.25, 0.3) is 0 Å². The molecule has 0 saturated carbocycles. The number of hydrogen-bond acceptors (Lipinski definition) is 4. The minimum Gasteiger partial charge on any atom is -0.497 e. The molecule has 0 spiro atoms. The minimum absolute atomic E-state index is 0.116. The first-order chi connectivity index (χ1) is 13.1. The monoisotopic (exact) mass is 367 g/mol. The van der Waals surface area contributed by atoms with Crippen LogP contribution in [0, 0.1) is 5.82 Å². The van der Waals surface area contributed by atoms with Crippen LogP contribution in [0.15, 0.2) is 48.7 Å². The van der Waals surface area contributed by atoms with E-state index in [0.29, 0.717) is 23.0 Å². The molecule has 1 N–H and O–H groups in total. The third kappa shape index (κ3) is 3.01. The maximum absolute atomic E-state index is 13.2. The molecule has 0 radical (unpaired) electrons. The van der Waals surface area contributed by atoms with Gasteiger partial charge in [0.2, 0.25) is 5.91 Å². The topological polar surface area (TPSA) is 65.4 Å². The lowest BCUT2D eigenvalue weighted by Gasteiger charge is -2.25. The van der Waals surface area contributed by atoms with Crippen molar-refractivity contribution in [3.8, 4) is 17.2 Å². The zero-order valence-corrected chi connectivity index (χ0v) is 14.9. The second kappa shape index (κ2) is 6.75. The molecule has 27 heavy (non-hydrogen) atoms. The third-order valence-electron chi connectivity index (χ3n) is 4.71. The first-order valence-corrected chi connectivity index (χ1v) is 8.46. The molecule has 0 fully saturated rings. The Labute approximate surface area is 155 Å². The lowest BCUT2D eigenvalue weighted by atomic mass is 9.86. The Morgan fingerprint density at radius 1 is 1.11 bits per heavy atom. The number of halogens is 1.